The first-order valence-electron chi connectivity index (χ1n) is 9.90. The third-order valence-corrected chi connectivity index (χ3v) is 5.87. The molecule has 3 N–H and O–H groups in total. The maximum absolute atomic E-state index is 11.6. The van der Waals surface area contributed by atoms with Gasteiger partial charge in [-0.1, -0.05) is 19.8 Å². The van der Waals surface area contributed by atoms with Crippen LogP contribution in [0.3, 0.4) is 0 Å². The Morgan fingerprint density at radius 1 is 1.28 bits per heavy atom. The number of hydrogen-bond acceptors (Lipinski definition) is 3. The Kier molecular flexibility index (Phi) is 7.54. The fourth-order valence-electron chi connectivity index (χ4n) is 3.96. The van der Waals surface area contributed by atoms with Crippen LogP contribution in [0.5, 0.6) is 0 Å². The number of nitrogens with one attached hydrogen (secondary N) is 2. The highest BCUT2D eigenvalue weighted by Gasteiger charge is 2.35. The quantitative estimate of drug-likeness (QED) is 0.520. The van der Waals surface area contributed by atoms with Crippen LogP contribution in [0, 0.1) is 11.3 Å². The number of aliphatic imine (C=N–C) groups is 1. The number of amides is 1. The van der Waals surface area contributed by atoms with Gasteiger partial charge in [-0.25, -0.2) is 0 Å². The Bertz CT molecular complexity index is 460. The molecule has 6 nitrogen and oxygen atoms in total. The molecule has 0 radical (unpaired) electrons. The molecule has 1 heterocycles. The van der Waals surface area contributed by atoms with E-state index in [2.05, 4.69) is 29.4 Å². The van der Waals surface area contributed by atoms with E-state index >= 15 is 0 Å². The van der Waals surface area contributed by atoms with Gasteiger partial charge in [-0.3, -0.25) is 9.79 Å². The van der Waals surface area contributed by atoms with Crippen LogP contribution < -0.4 is 10.6 Å². The number of carbonyl (C=O) groups excluding carboxylic acids is 1. The lowest BCUT2D eigenvalue weighted by Crippen LogP contribution is -2.47. The molecule has 0 bridgehead atoms. The van der Waals surface area contributed by atoms with Gasteiger partial charge in [0.25, 0.3) is 0 Å². The molecule has 144 valence electrons. The number of aliphatic hydroxyl groups is 1. The van der Waals surface area contributed by atoms with Crippen molar-refractivity contribution >= 4 is 11.9 Å². The van der Waals surface area contributed by atoms with Gasteiger partial charge in [-0.05, 0) is 38.5 Å². The van der Waals surface area contributed by atoms with Crippen LogP contribution in [0.1, 0.15) is 58.8 Å². The van der Waals surface area contributed by atoms with Gasteiger partial charge in [0.2, 0.25) is 5.91 Å². The number of likely N-dealkylation sites (tertiary alicyclic amines) is 1. The second-order valence-corrected chi connectivity index (χ2v) is 7.89. The Labute approximate surface area is 152 Å². The van der Waals surface area contributed by atoms with Crippen molar-refractivity contribution in [3.63, 3.8) is 0 Å². The first kappa shape index (κ1) is 20.0. The van der Waals surface area contributed by atoms with Crippen molar-refractivity contribution in [3.8, 4) is 0 Å². The largest absolute Gasteiger partial charge is 0.392 e. The van der Waals surface area contributed by atoms with Crippen LogP contribution in [0.4, 0.5) is 0 Å². The standard InChI is InChI=1S/C19H36N4O2/c1-4-21-18(22-14-19(2)10-6-5-7-16(19)24)23-11-8-15(9-12-23)13-17(25)20-3/h15-16,24H,4-14H2,1-3H3,(H,20,25)(H,21,22). The van der Waals surface area contributed by atoms with Crippen LogP contribution in [0.2, 0.25) is 0 Å². The number of aliphatic hydroxyl groups excluding tert-OH is 1. The monoisotopic (exact) mass is 352 g/mol. The maximum Gasteiger partial charge on any atom is 0.220 e. The SMILES string of the molecule is CCNC(=NCC1(C)CCCCC1O)N1CCC(CC(=O)NC)CC1. The molecule has 0 aromatic carbocycles. The Hall–Kier alpha value is -1.30. The number of piperidine rings is 1. The fourth-order valence-corrected chi connectivity index (χ4v) is 3.96. The zero-order valence-corrected chi connectivity index (χ0v) is 16.2. The van der Waals surface area contributed by atoms with E-state index in [1.807, 2.05) is 0 Å². The average molecular weight is 353 g/mol. The van der Waals surface area contributed by atoms with E-state index in [0.717, 1.165) is 57.7 Å². The van der Waals surface area contributed by atoms with Crippen molar-refractivity contribution in [2.24, 2.45) is 16.3 Å². The van der Waals surface area contributed by atoms with Gasteiger partial charge in [0.05, 0.1) is 12.6 Å². The molecule has 1 aliphatic carbocycles. The Morgan fingerprint density at radius 2 is 2.00 bits per heavy atom. The van der Waals surface area contributed by atoms with Gasteiger partial charge in [-0.2, -0.15) is 0 Å². The molecule has 1 saturated heterocycles. The van der Waals surface area contributed by atoms with E-state index in [1.54, 1.807) is 7.05 Å². The highest BCUT2D eigenvalue weighted by molar-refractivity contribution is 5.80. The van der Waals surface area contributed by atoms with Gasteiger partial charge in [0.15, 0.2) is 5.96 Å². The average Bonchev–Trinajstić information content (AvgIpc) is 2.62. The molecule has 2 fully saturated rings. The van der Waals surface area contributed by atoms with E-state index in [4.69, 9.17) is 4.99 Å². The molecular formula is C19H36N4O2. The van der Waals surface area contributed by atoms with Crippen LogP contribution >= 0.6 is 0 Å². The molecule has 2 rings (SSSR count). The lowest BCUT2D eigenvalue weighted by atomic mass is 9.73. The van der Waals surface area contributed by atoms with Crippen LogP contribution in [-0.4, -0.2) is 61.2 Å². The zero-order chi connectivity index (χ0) is 18.3. The topological polar surface area (TPSA) is 77.0 Å². The summed E-state index contributed by atoms with van der Waals surface area (Å²) in [4.78, 5) is 18.7. The second-order valence-electron chi connectivity index (χ2n) is 7.89. The molecule has 6 heteroatoms. The van der Waals surface area contributed by atoms with Crippen molar-refractivity contribution < 1.29 is 9.90 Å². The summed E-state index contributed by atoms with van der Waals surface area (Å²) in [5.41, 5.74) is -0.101. The third-order valence-electron chi connectivity index (χ3n) is 5.87. The summed E-state index contributed by atoms with van der Waals surface area (Å²) in [7, 11) is 1.70. The van der Waals surface area contributed by atoms with Gasteiger partial charge in [-0.15, -0.1) is 0 Å². The first-order valence-corrected chi connectivity index (χ1v) is 9.90. The number of carbonyl (C=O) groups is 1. The molecule has 1 aliphatic heterocycles. The Morgan fingerprint density at radius 3 is 2.60 bits per heavy atom. The number of rotatable bonds is 5. The molecule has 2 aliphatic rings. The summed E-state index contributed by atoms with van der Waals surface area (Å²) in [6.07, 6.45) is 6.69. The molecule has 0 aromatic rings. The molecule has 25 heavy (non-hydrogen) atoms. The molecule has 1 amide bonds. The smallest absolute Gasteiger partial charge is 0.220 e. The Balaban J connectivity index is 1.93. The number of hydrogen-bond donors (Lipinski definition) is 3. The summed E-state index contributed by atoms with van der Waals surface area (Å²) < 4.78 is 0. The van der Waals surface area contributed by atoms with Crippen LogP contribution in [0.15, 0.2) is 4.99 Å². The predicted octanol–water partition coefficient (Wildman–Crippen LogP) is 1.74. The van der Waals surface area contributed by atoms with Gasteiger partial charge >= 0.3 is 0 Å². The lowest BCUT2D eigenvalue weighted by Gasteiger charge is -2.38. The molecule has 0 spiro atoms. The summed E-state index contributed by atoms with van der Waals surface area (Å²) in [5.74, 6) is 1.56. The lowest BCUT2D eigenvalue weighted by molar-refractivity contribution is -0.121. The normalized spacial score (nSPS) is 28.7. The summed E-state index contributed by atoms with van der Waals surface area (Å²) in [6, 6.07) is 0. The number of nitrogens with zero attached hydrogens (tertiary/aromatic N) is 2. The highest BCUT2D eigenvalue weighted by Crippen LogP contribution is 2.36. The third kappa shape index (κ3) is 5.59. The molecule has 2 unspecified atom stereocenters. The van der Waals surface area contributed by atoms with E-state index in [1.165, 1.54) is 6.42 Å². The molecular weight excluding hydrogens is 316 g/mol. The highest BCUT2D eigenvalue weighted by atomic mass is 16.3. The minimum Gasteiger partial charge on any atom is -0.392 e. The van der Waals surface area contributed by atoms with Crippen molar-refractivity contribution in [1.29, 1.82) is 0 Å². The molecule has 2 atom stereocenters. The summed E-state index contributed by atoms with van der Waals surface area (Å²) >= 11 is 0. The minimum absolute atomic E-state index is 0.101. The van der Waals surface area contributed by atoms with Crippen molar-refractivity contribution in [3.05, 3.63) is 0 Å². The van der Waals surface area contributed by atoms with Gasteiger partial charge in [0.1, 0.15) is 0 Å². The van der Waals surface area contributed by atoms with Crippen molar-refractivity contribution in [2.75, 3.05) is 33.2 Å². The zero-order valence-electron chi connectivity index (χ0n) is 16.2. The van der Waals surface area contributed by atoms with E-state index in [9.17, 15) is 9.90 Å². The molecule has 0 aromatic heterocycles. The molecule has 1 saturated carbocycles. The van der Waals surface area contributed by atoms with E-state index in [-0.39, 0.29) is 17.4 Å². The van der Waals surface area contributed by atoms with Crippen LogP contribution in [-0.2, 0) is 4.79 Å². The van der Waals surface area contributed by atoms with E-state index < -0.39 is 0 Å². The number of guanidine groups is 1. The predicted molar refractivity (Wildman–Crippen MR) is 102 cm³/mol. The van der Waals surface area contributed by atoms with Crippen molar-refractivity contribution in [1.82, 2.24) is 15.5 Å². The second kappa shape index (κ2) is 9.41. The summed E-state index contributed by atoms with van der Waals surface area (Å²) in [6.45, 7) is 7.65. The van der Waals surface area contributed by atoms with Crippen LogP contribution in [0.25, 0.3) is 0 Å². The fraction of sp³-hybridized carbons (Fsp3) is 0.895. The minimum atomic E-state index is -0.244. The van der Waals surface area contributed by atoms with E-state index in [0.29, 0.717) is 18.9 Å². The van der Waals surface area contributed by atoms with Crippen molar-refractivity contribution in [2.45, 2.75) is 64.9 Å². The van der Waals surface area contributed by atoms with Gasteiger partial charge < -0.3 is 20.6 Å². The van der Waals surface area contributed by atoms with Gasteiger partial charge in [0, 0.05) is 38.5 Å². The first-order chi connectivity index (χ1) is 12.0. The maximum atomic E-state index is 11.6. The summed E-state index contributed by atoms with van der Waals surface area (Å²) in [5, 5.41) is 16.5.